The fourth-order valence-corrected chi connectivity index (χ4v) is 4.75. The molecule has 7 nitrogen and oxygen atoms in total. The van der Waals surface area contributed by atoms with Gasteiger partial charge in [0.05, 0.1) is 19.9 Å². The molecule has 0 bridgehead atoms. The van der Waals surface area contributed by atoms with E-state index in [0.29, 0.717) is 17.4 Å². The summed E-state index contributed by atoms with van der Waals surface area (Å²) in [5.41, 5.74) is 4.96. The number of benzene rings is 3. The van der Waals surface area contributed by atoms with Gasteiger partial charge in [0.1, 0.15) is 18.1 Å². The quantitative estimate of drug-likeness (QED) is 0.491. The van der Waals surface area contributed by atoms with Crippen LogP contribution < -0.4 is 19.5 Å². The lowest BCUT2D eigenvalue weighted by atomic mass is 9.84. The van der Waals surface area contributed by atoms with Crippen LogP contribution in [0.25, 0.3) is 5.70 Å². The van der Waals surface area contributed by atoms with E-state index in [4.69, 9.17) is 14.2 Å². The summed E-state index contributed by atoms with van der Waals surface area (Å²) in [7, 11) is 3.29. The molecule has 2 aliphatic rings. The van der Waals surface area contributed by atoms with Crippen LogP contribution in [0.1, 0.15) is 28.8 Å². The van der Waals surface area contributed by atoms with Gasteiger partial charge < -0.3 is 19.5 Å². The topological polar surface area (TPSA) is 70.4 Å². The van der Waals surface area contributed by atoms with Crippen LogP contribution in [0.4, 0.5) is 5.95 Å². The highest BCUT2D eigenvalue weighted by atomic mass is 16.5. The average molecular weight is 438 g/mol. The van der Waals surface area contributed by atoms with Crippen molar-refractivity contribution in [2.75, 3.05) is 19.5 Å². The first kappa shape index (κ1) is 19.4. The molecule has 6 rings (SSSR count). The summed E-state index contributed by atoms with van der Waals surface area (Å²) in [5.74, 6) is 2.78. The van der Waals surface area contributed by atoms with Crippen LogP contribution in [0.2, 0.25) is 0 Å². The van der Waals surface area contributed by atoms with E-state index in [9.17, 15) is 0 Å². The number of rotatable bonds is 4. The summed E-state index contributed by atoms with van der Waals surface area (Å²) >= 11 is 0. The molecular weight excluding hydrogens is 416 g/mol. The van der Waals surface area contributed by atoms with Crippen LogP contribution in [0, 0.1) is 0 Å². The minimum atomic E-state index is -0.435. The lowest BCUT2D eigenvalue weighted by Crippen LogP contribution is -2.32. The van der Waals surface area contributed by atoms with Crippen molar-refractivity contribution >= 4 is 11.6 Å². The van der Waals surface area contributed by atoms with Gasteiger partial charge in [-0.3, -0.25) is 0 Å². The van der Waals surface area contributed by atoms with Crippen LogP contribution in [0.3, 0.4) is 0 Å². The molecule has 1 aromatic heterocycles. The first-order valence-electron chi connectivity index (χ1n) is 10.7. The Morgan fingerprint density at radius 3 is 2.55 bits per heavy atom. The minimum absolute atomic E-state index is 0.214. The Balaban J connectivity index is 1.65. The Morgan fingerprint density at radius 1 is 0.909 bits per heavy atom. The van der Waals surface area contributed by atoms with Crippen molar-refractivity contribution in [2.24, 2.45) is 0 Å². The maximum atomic E-state index is 6.68. The van der Waals surface area contributed by atoms with E-state index in [1.807, 2.05) is 59.3 Å². The molecule has 0 fully saturated rings. The summed E-state index contributed by atoms with van der Waals surface area (Å²) in [5, 5.41) is 8.08. The third kappa shape index (κ3) is 2.96. The van der Waals surface area contributed by atoms with Crippen molar-refractivity contribution in [1.29, 1.82) is 0 Å². The minimum Gasteiger partial charge on any atom is -0.493 e. The Morgan fingerprint density at radius 2 is 1.73 bits per heavy atom. The normalized spacial score (nSPS) is 18.4. The Kier molecular flexibility index (Phi) is 4.54. The summed E-state index contributed by atoms with van der Waals surface area (Å²) in [4.78, 5) is 4.48. The van der Waals surface area contributed by atoms with Gasteiger partial charge in [0.15, 0.2) is 17.6 Å². The van der Waals surface area contributed by atoms with Gasteiger partial charge in [0.25, 0.3) is 0 Å². The SMILES string of the molecule is COc1cccc([C@@H]2Oc3ccccc3C3=C2[C@H](c2ccccc2)n2ncnc2N3)c1OC. The lowest BCUT2D eigenvalue weighted by molar-refractivity contribution is 0.216. The molecule has 2 atom stereocenters. The molecule has 0 radical (unpaired) electrons. The van der Waals surface area contributed by atoms with Crippen molar-refractivity contribution in [1.82, 2.24) is 14.8 Å². The number of nitrogens with zero attached hydrogens (tertiary/aromatic N) is 3. The Labute approximate surface area is 191 Å². The standard InChI is InChI=1S/C26H22N4O3/c1-31-20-14-8-12-18(24(20)32-2)25-21-22(17-11-6-7-13-19(17)33-25)29-26-27-15-28-30(26)23(21)16-9-4-3-5-10-16/h3-15,23,25H,1-2H3,(H,27,28,29)/t23-,25-/m0/s1. The lowest BCUT2D eigenvalue weighted by Gasteiger charge is -2.39. The highest BCUT2D eigenvalue weighted by Gasteiger charge is 2.42. The number of fused-ring (bicyclic) bond motifs is 3. The van der Waals surface area contributed by atoms with Crippen molar-refractivity contribution in [3.8, 4) is 17.2 Å². The third-order valence-electron chi connectivity index (χ3n) is 6.15. The van der Waals surface area contributed by atoms with Crippen molar-refractivity contribution in [2.45, 2.75) is 12.1 Å². The van der Waals surface area contributed by atoms with Gasteiger partial charge in [-0.25, -0.2) is 4.68 Å². The number of methoxy groups -OCH3 is 2. The van der Waals surface area contributed by atoms with Crippen LogP contribution in [0.15, 0.2) is 84.7 Å². The highest BCUT2D eigenvalue weighted by molar-refractivity contribution is 5.85. The smallest absolute Gasteiger partial charge is 0.226 e. The van der Waals surface area contributed by atoms with E-state index >= 15 is 0 Å². The van der Waals surface area contributed by atoms with Crippen molar-refractivity contribution < 1.29 is 14.2 Å². The first-order chi connectivity index (χ1) is 16.3. The van der Waals surface area contributed by atoms with Crippen LogP contribution >= 0.6 is 0 Å². The Bertz CT molecular complexity index is 1360. The second kappa shape index (κ2) is 7.70. The molecule has 3 heterocycles. The molecule has 0 saturated carbocycles. The summed E-state index contributed by atoms with van der Waals surface area (Å²) < 4.78 is 20.0. The molecule has 0 spiro atoms. The van der Waals surface area contributed by atoms with E-state index in [1.54, 1.807) is 20.5 Å². The van der Waals surface area contributed by atoms with E-state index in [1.165, 1.54) is 0 Å². The molecule has 7 heteroatoms. The summed E-state index contributed by atoms with van der Waals surface area (Å²) in [6.07, 6.45) is 1.14. The third-order valence-corrected chi connectivity index (χ3v) is 6.15. The van der Waals surface area contributed by atoms with Gasteiger partial charge >= 0.3 is 0 Å². The molecule has 1 N–H and O–H groups in total. The van der Waals surface area contributed by atoms with E-state index in [-0.39, 0.29) is 6.04 Å². The van der Waals surface area contributed by atoms with E-state index in [0.717, 1.165) is 33.7 Å². The molecule has 0 saturated heterocycles. The van der Waals surface area contributed by atoms with Crippen molar-refractivity contribution in [3.05, 3.63) is 101 Å². The zero-order chi connectivity index (χ0) is 22.4. The van der Waals surface area contributed by atoms with Crippen LogP contribution in [-0.2, 0) is 0 Å². The molecule has 3 aromatic carbocycles. The van der Waals surface area contributed by atoms with Crippen molar-refractivity contribution in [3.63, 3.8) is 0 Å². The summed E-state index contributed by atoms with van der Waals surface area (Å²) in [6.45, 7) is 0. The molecule has 164 valence electrons. The predicted molar refractivity (Wildman–Crippen MR) is 125 cm³/mol. The molecule has 0 amide bonds. The number of nitrogens with one attached hydrogen (secondary N) is 1. The number of aromatic nitrogens is 3. The number of ether oxygens (including phenoxy) is 3. The van der Waals surface area contributed by atoms with Gasteiger partial charge in [0, 0.05) is 16.7 Å². The molecule has 2 aliphatic heterocycles. The molecule has 0 unspecified atom stereocenters. The fraction of sp³-hybridized carbons (Fsp3) is 0.154. The molecular formula is C26H22N4O3. The second-order valence-electron chi connectivity index (χ2n) is 7.87. The van der Waals surface area contributed by atoms with E-state index in [2.05, 4.69) is 33.6 Å². The number of anilines is 1. The predicted octanol–water partition coefficient (Wildman–Crippen LogP) is 4.86. The maximum absolute atomic E-state index is 6.68. The largest absolute Gasteiger partial charge is 0.493 e. The molecule has 4 aromatic rings. The highest BCUT2D eigenvalue weighted by Crippen LogP contribution is 2.52. The number of para-hydroxylation sites is 2. The monoisotopic (exact) mass is 438 g/mol. The molecule has 0 aliphatic carbocycles. The van der Waals surface area contributed by atoms with E-state index < -0.39 is 6.10 Å². The van der Waals surface area contributed by atoms with Gasteiger partial charge in [-0.1, -0.05) is 54.6 Å². The van der Waals surface area contributed by atoms with Crippen LogP contribution in [0.5, 0.6) is 17.2 Å². The average Bonchev–Trinajstić information content (AvgIpc) is 3.35. The van der Waals surface area contributed by atoms with Gasteiger partial charge in [-0.2, -0.15) is 10.1 Å². The number of hydrogen-bond acceptors (Lipinski definition) is 6. The Hall–Kier alpha value is -4.26. The van der Waals surface area contributed by atoms with Gasteiger partial charge in [-0.15, -0.1) is 0 Å². The first-order valence-corrected chi connectivity index (χ1v) is 10.7. The van der Waals surface area contributed by atoms with Gasteiger partial charge in [-0.05, 0) is 23.8 Å². The number of hydrogen-bond donors (Lipinski definition) is 1. The summed E-state index contributed by atoms with van der Waals surface area (Å²) in [6, 6.07) is 24.0. The zero-order valence-corrected chi connectivity index (χ0v) is 18.2. The zero-order valence-electron chi connectivity index (χ0n) is 18.2. The second-order valence-corrected chi connectivity index (χ2v) is 7.87. The molecule has 33 heavy (non-hydrogen) atoms. The maximum Gasteiger partial charge on any atom is 0.226 e. The fourth-order valence-electron chi connectivity index (χ4n) is 4.75. The van der Waals surface area contributed by atoms with Crippen LogP contribution in [-0.4, -0.2) is 29.0 Å². The van der Waals surface area contributed by atoms with Gasteiger partial charge in [0.2, 0.25) is 5.95 Å².